The third-order valence-corrected chi connectivity index (χ3v) is 7.09. The lowest BCUT2D eigenvalue weighted by Gasteiger charge is -2.35. The fourth-order valence-electron chi connectivity index (χ4n) is 4.89. The summed E-state index contributed by atoms with van der Waals surface area (Å²) in [5.74, 6) is 0.760. The number of benzene rings is 1. The number of urea groups is 1. The molecular formula is C26H34N6O3. The fraction of sp³-hybridized carbons (Fsp3) is 0.500. The molecule has 4 rings (SSSR count). The fourth-order valence-corrected chi connectivity index (χ4v) is 4.89. The first-order valence-corrected chi connectivity index (χ1v) is 12.4. The Balaban J connectivity index is 1.51. The van der Waals surface area contributed by atoms with Crippen LogP contribution in [0.4, 0.5) is 16.2 Å². The summed E-state index contributed by atoms with van der Waals surface area (Å²) in [7, 11) is 0. The average molecular weight is 479 g/mol. The molecule has 3 heterocycles. The third kappa shape index (κ3) is 5.95. The molecule has 0 spiro atoms. The van der Waals surface area contributed by atoms with Crippen LogP contribution < -0.4 is 15.5 Å². The summed E-state index contributed by atoms with van der Waals surface area (Å²) >= 11 is 0. The largest absolute Gasteiger partial charge is 0.395 e. The van der Waals surface area contributed by atoms with Crippen molar-refractivity contribution in [3.05, 3.63) is 47.3 Å². The van der Waals surface area contributed by atoms with Gasteiger partial charge in [-0.3, -0.25) is 4.79 Å². The van der Waals surface area contributed by atoms with Crippen LogP contribution in [-0.2, 0) is 0 Å². The monoisotopic (exact) mass is 478 g/mol. The Bertz CT molecular complexity index is 1070. The smallest absolute Gasteiger partial charge is 0.317 e. The molecule has 2 fully saturated rings. The highest BCUT2D eigenvalue weighted by Gasteiger charge is 2.26. The zero-order valence-electron chi connectivity index (χ0n) is 20.2. The van der Waals surface area contributed by atoms with Crippen LogP contribution in [0, 0.1) is 17.2 Å². The molecule has 2 aliphatic rings. The summed E-state index contributed by atoms with van der Waals surface area (Å²) in [6, 6.07) is 9.73. The van der Waals surface area contributed by atoms with Gasteiger partial charge in [-0.1, -0.05) is 13.0 Å². The Kier molecular flexibility index (Phi) is 7.93. The Hall–Kier alpha value is -3.51. The maximum atomic E-state index is 12.9. The van der Waals surface area contributed by atoms with Gasteiger partial charge in [0.05, 0.1) is 23.5 Å². The van der Waals surface area contributed by atoms with E-state index in [9.17, 15) is 9.59 Å². The second kappa shape index (κ2) is 11.3. The Morgan fingerprint density at radius 1 is 1.14 bits per heavy atom. The maximum absolute atomic E-state index is 12.9. The number of H-pyrrole nitrogens is 1. The molecule has 4 N–H and O–H groups in total. The van der Waals surface area contributed by atoms with Crippen molar-refractivity contribution in [2.24, 2.45) is 5.92 Å². The molecule has 9 heteroatoms. The highest BCUT2D eigenvalue weighted by Crippen LogP contribution is 2.36. The number of rotatable bonds is 6. The van der Waals surface area contributed by atoms with E-state index >= 15 is 0 Å². The first kappa shape index (κ1) is 24.6. The van der Waals surface area contributed by atoms with Crippen LogP contribution in [0.5, 0.6) is 0 Å². The van der Waals surface area contributed by atoms with Gasteiger partial charge in [0, 0.05) is 38.9 Å². The van der Waals surface area contributed by atoms with E-state index < -0.39 is 0 Å². The van der Waals surface area contributed by atoms with E-state index in [2.05, 4.69) is 39.6 Å². The molecule has 35 heavy (non-hydrogen) atoms. The van der Waals surface area contributed by atoms with Crippen molar-refractivity contribution in [1.29, 1.82) is 5.26 Å². The number of aliphatic hydroxyl groups is 1. The number of nitrogens with zero attached hydrogens (tertiary/aromatic N) is 3. The topological polar surface area (TPSA) is 124 Å². The number of nitrogens with one attached hydrogen (secondary N) is 3. The second-order valence-corrected chi connectivity index (χ2v) is 9.53. The van der Waals surface area contributed by atoms with E-state index in [1.807, 2.05) is 12.1 Å². The minimum absolute atomic E-state index is 0.0630. The van der Waals surface area contributed by atoms with Gasteiger partial charge in [0.25, 0.3) is 5.91 Å². The van der Waals surface area contributed by atoms with Crippen LogP contribution in [0.2, 0.25) is 0 Å². The van der Waals surface area contributed by atoms with Gasteiger partial charge in [-0.2, -0.15) is 5.26 Å². The van der Waals surface area contributed by atoms with Crippen molar-refractivity contribution in [1.82, 2.24) is 15.2 Å². The molecule has 3 amide bonds. The number of hydrogen-bond donors (Lipinski definition) is 4. The molecular weight excluding hydrogens is 444 g/mol. The summed E-state index contributed by atoms with van der Waals surface area (Å²) < 4.78 is 0. The standard InChI is InChI=1S/C26H34N6O3/c1-18-4-9-31(10-5-18)24-15-21(20-6-11-32(12-7-20)26(35)28-8-13-33)2-3-22(24)30-25(34)23-14-19(16-27)17-29-23/h2-3,14-15,17-18,20,29,33H,4-13H2,1H3,(H,28,35)(H,30,34). The number of aromatic amines is 1. The number of amides is 3. The van der Waals surface area contributed by atoms with Gasteiger partial charge in [0.2, 0.25) is 0 Å². The highest BCUT2D eigenvalue weighted by atomic mass is 16.3. The number of likely N-dealkylation sites (tertiary alicyclic amines) is 1. The number of piperidine rings is 2. The number of anilines is 2. The molecule has 1 aromatic carbocycles. The van der Waals surface area contributed by atoms with Crippen molar-refractivity contribution in [3.63, 3.8) is 0 Å². The molecule has 0 bridgehead atoms. The van der Waals surface area contributed by atoms with Crippen molar-refractivity contribution >= 4 is 23.3 Å². The summed E-state index contributed by atoms with van der Waals surface area (Å²) in [6.45, 7) is 5.71. The van der Waals surface area contributed by atoms with E-state index in [1.54, 1.807) is 11.0 Å². The molecule has 0 saturated carbocycles. The van der Waals surface area contributed by atoms with Crippen LogP contribution in [0.3, 0.4) is 0 Å². The second-order valence-electron chi connectivity index (χ2n) is 9.53. The third-order valence-electron chi connectivity index (χ3n) is 7.09. The van der Waals surface area contributed by atoms with Gasteiger partial charge in [-0.25, -0.2) is 4.79 Å². The van der Waals surface area contributed by atoms with Crippen molar-refractivity contribution in [2.75, 3.05) is 49.5 Å². The highest BCUT2D eigenvalue weighted by molar-refractivity contribution is 6.05. The Morgan fingerprint density at radius 3 is 2.54 bits per heavy atom. The minimum atomic E-state index is -0.270. The predicted molar refractivity (Wildman–Crippen MR) is 135 cm³/mol. The lowest BCUT2D eigenvalue weighted by atomic mass is 9.88. The van der Waals surface area contributed by atoms with E-state index in [1.165, 1.54) is 11.8 Å². The number of hydrogen-bond acceptors (Lipinski definition) is 5. The van der Waals surface area contributed by atoms with Gasteiger partial charge in [-0.15, -0.1) is 0 Å². The van der Waals surface area contributed by atoms with Gasteiger partial charge in [-0.05, 0) is 61.3 Å². The van der Waals surface area contributed by atoms with E-state index in [0.29, 0.717) is 36.2 Å². The summed E-state index contributed by atoms with van der Waals surface area (Å²) in [4.78, 5) is 32.1. The first-order valence-electron chi connectivity index (χ1n) is 12.4. The SMILES string of the molecule is CC1CCN(c2cc(C3CCN(C(=O)NCCO)CC3)ccc2NC(=O)c2cc(C#N)c[nH]2)CC1. The van der Waals surface area contributed by atoms with E-state index in [4.69, 9.17) is 10.4 Å². The zero-order chi connectivity index (χ0) is 24.8. The minimum Gasteiger partial charge on any atom is -0.395 e. The van der Waals surface area contributed by atoms with Gasteiger partial charge in [0.1, 0.15) is 11.8 Å². The van der Waals surface area contributed by atoms with Gasteiger partial charge >= 0.3 is 6.03 Å². The number of carbonyl (C=O) groups excluding carboxylic acids is 2. The number of nitriles is 1. The molecule has 9 nitrogen and oxygen atoms in total. The number of aromatic nitrogens is 1. The van der Waals surface area contributed by atoms with E-state index in [-0.39, 0.29) is 25.1 Å². The zero-order valence-corrected chi connectivity index (χ0v) is 20.2. The van der Waals surface area contributed by atoms with Crippen LogP contribution in [0.1, 0.15) is 60.1 Å². The normalized spacial score (nSPS) is 17.2. The van der Waals surface area contributed by atoms with Crippen LogP contribution in [-0.4, -0.2) is 66.3 Å². The van der Waals surface area contributed by atoms with Crippen LogP contribution >= 0.6 is 0 Å². The molecule has 186 valence electrons. The summed E-state index contributed by atoms with van der Waals surface area (Å²) in [6.07, 6.45) is 5.49. The van der Waals surface area contributed by atoms with Crippen LogP contribution in [0.25, 0.3) is 0 Å². The number of aliphatic hydroxyl groups excluding tert-OH is 1. The summed E-state index contributed by atoms with van der Waals surface area (Å²) in [5.41, 5.74) is 3.79. The van der Waals surface area contributed by atoms with Crippen LogP contribution in [0.15, 0.2) is 30.5 Å². The number of carbonyl (C=O) groups is 2. The lowest BCUT2D eigenvalue weighted by Crippen LogP contribution is -2.44. The molecule has 2 saturated heterocycles. The molecule has 0 radical (unpaired) electrons. The molecule has 0 unspecified atom stereocenters. The van der Waals surface area contributed by atoms with Crippen molar-refractivity contribution < 1.29 is 14.7 Å². The van der Waals surface area contributed by atoms with E-state index in [0.717, 1.165) is 50.1 Å². The Labute approximate surface area is 206 Å². The molecule has 0 atom stereocenters. The molecule has 0 aliphatic carbocycles. The Morgan fingerprint density at radius 2 is 1.89 bits per heavy atom. The molecule has 2 aromatic rings. The lowest BCUT2D eigenvalue weighted by molar-refractivity contribution is 0.102. The quantitative estimate of drug-likeness (QED) is 0.507. The summed E-state index contributed by atoms with van der Waals surface area (Å²) in [5, 5.41) is 23.8. The molecule has 1 aromatic heterocycles. The predicted octanol–water partition coefficient (Wildman–Crippen LogP) is 3.26. The first-order chi connectivity index (χ1) is 17.0. The van der Waals surface area contributed by atoms with Gasteiger partial charge in [0.15, 0.2) is 0 Å². The molecule has 2 aliphatic heterocycles. The van der Waals surface area contributed by atoms with Crippen molar-refractivity contribution in [3.8, 4) is 6.07 Å². The van der Waals surface area contributed by atoms with Gasteiger partial charge < -0.3 is 30.5 Å². The average Bonchev–Trinajstić information content (AvgIpc) is 3.38. The maximum Gasteiger partial charge on any atom is 0.317 e. The van der Waals surface area contributed by atoms with Crippen molar-refractivity contribution in [2.45, 2.75) is 38.5 Å².